The molecule has 1 aliphatic heterocycles. The van der Waals surface area contributed by atoms with Crippen molar-refractivity contribution in [3.05, 3.63) is 65.2 Å². The van der Waals surface area contributed by atoms with Crippen LogP contribution in [0.5, 0.6) is 5.75 Å². The molecule has 2 aromatic rings. The summed E-state index contributed by atoms with van der Waals surface area (Å²) in [6.07, 6.45) is 0. The predicted molar refractivity (Wildman–Crippen MR) is 102 cm³/mol. The first-order valence-corrected chi connectivity index (χ1v) is 8.87. The molecule has 1 N–H and O–H groups in total. The number of carbonyl (C=O) groups excluding carboxylic acids is 3. The third-order valence-corrected chi connectivity index (χ3v) is 4.74. The van der Waals surface area contributed by atoms with Crippen molar-refractivity contribution >= 4 is 17.9 Å². The number of rotatable bonds is 6. The first-order chi connectivity index (χ1) is 13.3. The Labute approximate surface area is 163 Å². The molecule has 1 unspecified atom stereocenters. The molecule has 0 radical (unpaired) electrons. The number of amides is 3. The number of esters is 1. The molecule has 1 saturated heterocycles. The van der Waals surface area contributed by atoms with Crippen LogP contribution in [0.25, 0.3) is 0 Å². The quantitative estimate of drug-likeness (QED) is 0.613. The molecule has 7 heteroatoms. The van der Waals surface area contributed by atoms with Gasteiger partial charge in [-0.25, -0.2) is 9.59 Å². The summed E-state index contributed by atoms with van der Waals surface area (Å²) in [5.74, 6) is -0.335. The van der Waals surface area contributed by atoms with Crippen LogP contribution < -0.4 is 10.1 Å². The van der Waals surface area contributed by atoms with Gasteiger partial charge in [0, 0.05) is 0 Å². The van der Waals surface area contributed by atoms with Gasteiger partial charge in [-0.05, 0) is 37.6 Å². The third-order valence-electron chi connectivity index (χ3n) is 4.74. The van der Waals surface area contributed by atoms with Gasteiger partial charge in [0.25, 0.3) is 5.91 Å². The summed E-state index contributed by atoms with van der Waals surface area (Å²) in [6, 6.07) is 13.5. The van der Waals surface area contributed by atoms with E-state index in [4.69, 9.17) is 4.74 Å². The Morgan fingerprint density at radius 2 is 1.86 bits per heavy atom. The Kier molecular flexibility index (Phi) is 5.35. The van der Waals surface area contributed by atoms with Crippen molar-refractivity contribution in [2.75, 3.05) is 20.3 Å². The minimum Gasteiger partial charge on any atom is -0.492 e. The first-order valence-electron chi connectivity index (χ1n) is 8.87. The van der Waals surface area contributed by atoms with Gasteiger partial charge in [0.15, 0.2) is 0 Å². The fraction of sp³-hybridized carbons (Fsp3) is 0.286. The highest BCUT2D eigenvalue weighted by molar-refractivity contribution is 6.07. The lowest BCUT2D eigenvalue weighted by Gasteiger charge is -2.22. The monoisotopic (exact) mass is 382 g/mol. The zero-order valence-corrected chi connectivity index (χ0v) is 16.0. The molecule has 28 heavy (non-hydrogen) atoms. The molecule has 2 aromatic carbocycles. The summed E-state index contributed by atoms with van der Waals surface area (Å²) in [4.78, 5) is 37.9. The molecule has 3 amide bonds. The first kappa shape index (κ1) is 19.4. The van der Waals surface area contributed by atoms with Crippen LogP contribution in [0.2, 0.25) is 0 Å². The molecule has 1 fully saturated rings. The third kappa shape index (κ3) is 3.69. The standard InChI is InChI=1S/C21H22N2O5/c1-14-7-9-16(10-8-14)21(2)19(25)23(20(26)22-21)11-12-28-17-6-4-5-15(13-17)18(24)27-3/h4-10,13H,11-12H2,1-3H3,(H,22,26). The van der Waals surface area contributed by atoms with Crippen molar-refractivity contribution in [2.24, 2.45) is 0 Å². The van der Waals surface area contributed by atoms with E-state index in [2.05, 4.69) is 10.1 Å². The van der Waals surface area contributed by atoms with Crippen molar-refractivity contribution in [3.8, 4) is 5.75 Å². The second-order valence-corrected chi connectivity index (χ2v) is 6.75. The molecule has 7 nitrogen and oxygen atoms in total. The highest BCUT2D eigenvalue weighted by Crippen LogP contribution is 2.29. The van der Waals surface area contributed by atoms with E-state index in [9.17, 15) is 14.4 Å². The molecular formula is C21H22N2O5. The topological polar surface area (TPSA) is 84.9 Å². The van der Waals surface area contributed by atoms with Crippen molar-refractivity contribution < 1.29 is 23.9 Å². The van der Waals surface area contributed by atoms with Gasteiger partial charge in [-0.3, -0.25) is 9.69 Å². The molecule has 3 rings (SSSR count). The van der Waals surface area contributed by atoms with Gasteiger partial charge in [-0.1, -0.05) is 35.9 Å². The molecule has 0 bridgehead atoms. The molecule has 0 aliphatic carbocycles. The second kappa shape index (κ2) is 7.72. The van der Waals surface area contributed by atoms with Gasteiger partial charge >= 0.3 is 12.0 Å². The molecule has 0 saturated carbocycles. The van der Waals surface area contributed by atoms with Gasteiger partial charge in [0.05, 0.1) is 19.2 Å². The maximum Gasteiger partial charge on any atom is 0.337 e. The van der Waals surface area contributed by atoms with E-state index in [1.54, 1.807) is 31.2 Å². The van der Waals surface area contributed by atoms with Gasteiger partial charge in [0.1, 0.15) is 17.9 Å². The lowest BCUT2D eigenvalue weighted by molar-refractivity contribution is -0.131. The molecule has 1 aliphatic rings. The number of hydrogen-bond acceptors (Lipinski definition) is 5. The minimum atomic E-state index is -1.10. The van der Waals surface area contributed by atoms with Crippen LogP contribution in [0.1, 0.15) is 28.4 Å². The molecule has 0 spiro atoms. The molecule has 1 heterocycles. The average Bonchev–Trinajstić information content (AvgIpc) is 2.92. The lowest BCUT2D eigenvalue weighted by Crippen LogP contribution is -2.41. The van der Waals surface area contributed by atoms with Gasteiger partial charge in [-0.2, -0.15) is 0 Å². The highest BCUT2D eigenvalue weighted by Gasteiger charge is 2.48. The second-order valence-electron chi connectivity index (χ2n) is 6.75. The number of carbonyl (C=O) groups is 3. The van der Waals surface area contributed by atoms with Crippen molar-refractivity contribution in [1.29, 1.82) is 0 Å². The Balaban J connectivity index is 1.65. The van der Waals surface area contributed by atoms with E-state index < -0.39 is 17.5 Å². The summed E-state index contributed by atoms with van der Waals surface area (Å²) >= 11 is 0. The number of hydrogen-bond donors (Lipinski definition) is 1. The van der Waals surface area contributed by atoms with Crippen LogP contribution >= 0.6 is 0 Å². The smallest absolute Gasteiger partial charge is 0.337 e. The van der Waals surface area contributed by atoms with E-state index in [-0.39, 0.29) is 19.1 Å². The summed E-state index contributed by atoms with van der Waals surface area (Å²) in [5.41, 5.74) is 1.06. The average molecular weight is 382 g/mol. The van der Waals surface area contributed by atoms with Crippen LogP contribution in [0.3, 0.4) is 0 Å². The van der Waals surface area contributed by atoms with Crippen LogP contribution in [-0.4, -0.2) is 43.1 Å². The van der Waals surface area contributed by atoms with Gasteiger partial charge in [-0.15, -0.1) is 0 Å². The Morgan fingerprint density at radius 1 is 1.14 bits per heavy atom. The normalized spacial score (nSPS) is 18.8. The zero-order valence-electron chi connectivity index (χ0n) is 16.0. The maximum absolute atomic E-state index is 12.9. The highest BCUT2D eigenvalue weighted by atomic mass is 16.5. The zero-order chi connectivity index (χ0) is 20.3. The van der Waals surface area contributed by atoms with Crippen LogP contribution in [0, 0.1) is 6.92 Å². The number of urea groups is 1. The predicted octanol–water partition coefficient (Wildman–Crippen LogP) is 2.63. The molecular weight excluding hydrogens is 360 g/mol. The molecule has 146 valence electrons. The molecule has 1 atom stereocenters. The largest absolute Gasteiger partial charge is 0.492 e. The maximum atomic E-state index is 12.9. The van der Waals surface area contributed by atoms with Crippen molar-refractivity contribution in [2.45, 2.75) is 19.4 Å². The van der Waals surface area contributed by atoms with Gasteiger partial charge in [0.2, 0.25) is 0 Å². The number of ether oxygens (including phenoxy) is 2. The number of nitrogens with zero attached hydrogens (tertiary/aromatic N) is 1. The van der Waals surface area contributed by atoms with E-state index in [1.165, 1.54) is 7.11 Å². The SMILES string of the molecule is COC(=O)c1cccc(OCCN2C(=O)NC(C)(c3ccc(C)cc3)C2=O)c1. The van der Waals surface area contributed by atoms with Crippen LogP contribution in [0.15, 0.2) is 48.5 Å². The summed E-state index contributed by atoms with van der Waals surface area (Å²) in [5, 5.41) is 2.77. The Morgan fingerprint density at radius 3 is 2.54 bits per heavy atom. The van der Waals surface area contributed by atoms with Crippen molar-refractivity contribution in [3.63, 3.8) is 0 Å². The molecule has 0 aromatic heterocycles. The van der Waals surface area contributed by atoms with E-state index in [1.807, 2.05) is 31.2 Å². The van der Waals surface area contributed by atoms with E-state index in [0.717, 1.165) is 16.0 Å². The van der Waals surface area contributed by atoms with Crippen LogP contribution in [-0.2, 0) is 15.1 Å². The lowest BCUT2D eigenvalue weighted by atomic mass is 9.91. The van der Waals surface area contributed by atoms with E-state index >= 15 is 0 Å². The number of aryl methyl sites for hydroxylation is 1. The summed E-state index contributed by atoms with van der Waals surface area (Å²) < 4.78 is 10.3. The van der Waals surface area contributed by atoms with E-state index in [0.29, 0.717) is 11.3 Å². The minimum absolute atomic E-state index is 0.0918. The van der Waals surface area contributed by atoms with Crippen LogP contribution in [0.4, 0.5) is 4.79 Å². The Hall–Kier alpha value is -3.35. The number of methoxy groups -OCH3 is 1. The number of imide groups is 1. The fourth-order valence-electron chi connectivity index (χ4n) is 3.07. The van der Waals surface area contributed by atoms with Gasteiger partial charge < -0.3 is 14.8 Å². The van der Waals surface area contributed by atoms with Crippen molar-refractivity contribution in [1.82, 2.24) is 10.2 Å². The Bertz CT molecular complexity index is 909. The number of nitrogens with one attached hydrogen (secondary N) is 1. The summed E-state index contributed by atoms with van der Waals surface area (Å²) in [6.45, 7) is 3.85. The number of benzene rings is 2. The fourth-order valence-corrected chi connectivity index (χ4v) is 3.07. The summed E-state index contributed by atoms with van der Waals surface area (Å²) in [7, 11) is 1.30.